The molecule has 1 saturated heterocycles. The van der Waals surface area contributed by atoms with Crippen LogP contribution in [0, 0.1) is 5.92 Å². The summed E-state index contributed by atoms with van der Waals surface area (Å²) in [6.07, 6.45) is 3.43. The van der Waals surface area contributed by atoms with Gasteiger partial charge >= 0.3 is 0 Å². The molecule has 1 unspecified atom stereocenters. The third-order valence-electron chi connectivity index (χ3n) is 3.26. The van der Waals surface area contributed by atoms with Crippen LogP contribution in [0.15, 0.2) is 5.38 Å². The maximum Gasteiger partial charge on any atom is 0.270 e. The van der Waals surface area contributed by atoms with Crippen LogP contribution >= 0.6 is 36.2 Å². The minimum Gasteiger partial charge on any atom is -0.351 e. The van der Waals surface area contributed by atoms with Gasteiger partial charge in [-0.25, -0.2) is 4.98 Å². The van der Waals surface area contributed by atoms with Gasteiger partial charge in [0.2, 0.25) is 5.91 Å². The molecule has 1 aliphatic rings. The Morgan fingerprint density at radius 1 is 1.45 bits per heavy atom. The molecule has 0 saturated carbocycles. The molecule has 2 heterocycles. The fourth-order valence-corrected chi connectivity index (χ4v) is 2.97. The fraction of sp³-hybridized carbons (Fsp3) is 0.615. The van der Waals surface area contributed by atoms with E-state index in [0.717, 1.165) is 19.5 Å². The van der Waals surface area contributed by atoms with Crippen molar-refractivity contribution in [1.29, 1.82) is 0 Å². The van der Waals surface area contributed by atoms with E-state index in [4.69, 9.17) is 0 Å². The van der Waals surface area contributed by atoms with E-state index in [1.54, 1.807) is 5.38 Å². The van der Waals surface area contributed by atoms with E-state index in [-0.39, 0.29) is 36.6 Å². The molecule has 0 aromatic carbocycles. The molecule has 2 rings (SSSR count). The van der Waals surface area contributed by atoms with Crippen molar-refractivity contribution in [2.45, 2.75) is 26.2 Å². The lowest BCUT2D eigenvalue weighted by Crippen LogP contribution is -2.33. The smallest absolute Gasteiger partial charge is 0.270 e. The molecule has 6 nitrogen and oxygen atoms in total. The van der Waals surface area contributed by atoms with Crippen LogP contribution in [0.2, 0.25) is 0 Å². The number of hydrogen-bond acceptors (Lipinski definition) is 5. The average Bonchev–Trinajstić information content (AvgIpc) is 2.87. The van der Waals surface area contributed by atoms with Gasteiger partial charge in [0.25, 0.3) is 5.91 Å². The first kappa shape index (κ1) is 21.1. The number of halogens is 2. The van der Waals surface area contributed by atoms with Crippen molar-refractivity contribution in [2.24, 2.45) is 5.92 Å². The highest BCUT2D eigenvalue weighted by Crippen LogP contribution is 2.16. The van der Waals surface area contributed by atoms with Gasteiger partial charge < -0.3 is 16.0 Å². The lowest BCUT2D eigenvalue weighted by molar-refractivity contribution is -0.114. The number of carbonyl (C=O) groups is 2. The minimum atomic E-state index is -0.184. The number of nitrogens with zero attached hydrogens (tertiary/aromatic N) is 1. The van der Waals surface area contributed by atoms with Gasteiger partial charge in [-0.2, -0.15) is 0 Å². The SMILES string of the molecule is CC(=O)Nc1nc(C(=O)NCCC2CCCNC2)cs1.Cl.Cl. The van der Waals surface area contributed by atoms with E-state index in [0.29, 0.717) is 23.3 Å². The van der Waals surface area contributed by atoms with Crippen LogP contribution < -0.4 is 16.0 Å². The first-order valence-corrected chi connectivity index (χ1v) is 7.75. The summed E-state index contributed by atoms with van der Waals surface area (Å²) in [6, 6.07) is 0. The molecule has 0 bridgehead atoms. The molecular formula is C13H22Cl2N4O2S. The number of anilines is 1. The van der Waals surface area contributed by atoms with E-state index in [1.807, 2.05) is 0 Å². The zero-order valence-electron chi connectivity index (χ0n) is 12.4. The number of carbonyl (C=O) groups excluding carboxylic acids is 2. The van der Waals surface area contributed by atoms with E-state index in [9.17, 15) is 9.59 Å². The van der Waals surface area contributed by atoms with Crippen molar-refractivity contribution in [3.05, 3.63) is 11.1 Å². The second-order valence-electron chi connectivity index (χ2n) is 4.98. The Kier molecular flexibility index (Phi) is 10.3. The number of piperidine rings is 1. The molecule has 2 amide bonds. The van der Waals surface area contributed by atoms with Gasteiger partial charge in [0, 0.05) is 18.8 Å². The van der Waals surface area contributed by atoms with Crippen LogP contribution in [-0.2, 0) is 4.79 Å². The van der Waals surface area contributed by atoms with Crippen molar-refractivity contribution in [2.75, 3.05) is 25.0 Å². The lowest BCUT2D eigenvalue weighted by Gasteiger charge is -2.22. The zero-order chi connectivity index (χ0) is 14.4. The first-order valence-electron chi connectivity index (χ1n) is 6.87. The van der Waals surface area contributed by atoms with Gasteiger partial charge in [0.05, 0.1) is 0 Å². The van der Waals surface area contributed by atoms with Crippen molar-refractivity contribution >= 4 is 53.1 Å². The Bertz CT molecular complexity index is 478. The van der Waals surface area contributed by atoms with Crippen molar-refractivity contribution in [3.8, 4) is 0 Å². The summed E-state index contributed by atoms with van der Waals surface area (Å²) in [5.74, 6) is 0.284. The summed E-state index contributed by atoms with van der Waals surface area (Å²) >= 11 is 1.25. The monoisotopic (exact) mass is 368 g/mol. The largest absolute Gasteiger partial charge is 0.351 e. The minimum absolute atomic E-state index is 0. The number of thiazole rings is 1. The molecule has 22 heavy (non-hydrogen) atoms. The summed E-state index contributed by atoms with van der Waals surface area (Å²) in [5.41, 5.74) is 0.362. The summed E-state index contributed by atoms with van der Waals surface area (Å²) in [6.45, 7) is 4.23. The van der Waals surface area contributed by atoms with Gasteiger partial charge in [-0.3, -0.25) is 9.59 Å². The quantitative estimate of drug-likeness (QED) is 0.742. The van der Waals surface area contributed by atoms with Gasteiger partial charge in [0.15, 0.2) is 5.13 Å². The predicted molar refractivity (Wildman–Crippen MR) is 93.5 cm³/mol. The lowest BCUT2D eigenvalue weighted by atomic mass is 9.96. The number of nitrogens with one attached hydrogen (secondary N) is 3. The van der Waals surface area contributed by atoms with Crippen LogP contribution in [-0.4, -0.2) is 36.4 Å². The highest BCUT2D eigenvalue weighted by Gasteiger charge is 2.14. The second-order valence-corrected chi connectivity index (χ2v) is 5.83. The summed E-state index contributed by atoms with van der Waals surface area (Å²) < 4.78 is 0. The van der Waals surface area contributed by atoms with Crippen molar-refractivity contribution in [1.82, 2.24) is 15.6 Å². The van der Waals surface area contributed by atoms with Gasteiger partial charge in [0.1, 0.15) is 5.69 Å². The second kappa shape index (κ2) is 10.8. The Hall–Kier alpha value is -0.890. The molecule has 0 spiro atoms. The van der Waals surface area contributed by atoms with E-state index < -0.39 is 0 Å². The van der Waals surface area contributed by atoms with Gasteiger partial charge in [-0.1, -0.05) is 0 Å². The third-order valence-corrected chi connectivity index (χ3v) is 4.01. The first-order chi connectivity index (χ1) is 9.65. The van der Waals surface area contributed by atoms with Crippen LogP contribution in [0.3, 0.4) is 0 Å². The molecule has 9 heteroatoms. The zero-order valence-corrected chi connectivity index (χ0v) is 14.8. The number of hydrogen-bond donors (Lipinski definition) is 3. The van der Waals surface area contributed by atoms with Crippen LogP contribution in [0.4, 0.5) is 5.13 Å². The highest BCUT2D eigenvalue weighted by atomic mass is 35.5. The maximum absolute atomic E-state index is 11.9. The van der Waals surface area contributed by atoms with Crippen molar-refractivity contribution in [3.63, 3.8) is 0 Å². The van der Waals surface area contributed by atoms with Gasteiger partial charge in [-0.15, -0.1) is 36.2 Å². The summed E-state index contributed by atoms with van der Waals surface area (Å²) in [4.78, 5) is 26.9. The average molecular weight is 369 g/mol. The highest BCUT2D eigenvalue weighted by molar-refractivity contribution is 7.14. The summed E-state index contributed by atoms with van der Waals surface area (Å²) in [5, 5.41) is 10.9. The van der Waals surface area contributed by atoms with Crippen LogP contribution in [0.1, 0.15) is 36.7 Å². The van der Waals surface area contributed by atoms with E-state index >= 15 is 0 Å². The molecule has 1 aliphatic heterocycles. The third kappa shape index (κ3) is 6.91. The number of rotatable bonds is 5. The maximum atomic E-state index is 11.9. The number of amides is 2. The molecular weight excluding hydrogens is 347 g/mol. The molecule has 1 atom stereocenters. The molecule has 1 aromatic heterocycles. The molecule has 3 N–H and O–H groups in total. The number of aromatic nitrogens is 1. The predicted octanol–water partition coefficient (Wildman–Crippen LogP) is 2.06. The molecule has 0 radical (unpaired) electrons. The molecule has 1 aromatic rings. The topological polar surface area (TPSA) is 83.1 Å². The Labute approximate surface area is 146 Å². The fourth-order valence-electron chi connectivity index (χ4n) is 2.24. The molecule has 126 valence electrons. The van der Waals surface area contributed by atoms with Gasteiger partial charge in [-0.05, 0) is 38.3 Å². The van der Waals surface area contributed by atoms with E-state index in [1.165, 1.54) is 31.1 Å². The Morgan fingerprint density at radius 3 is 2.86 bits per heavy atom. The Balaban J connectivity index is 0.00000220. The van der Waals surface area contributed by atoms with Crippen LogP contribution in [0.25, 0.3) is 0 Å². The van der Waals surface area contributed by atoms with Crippen LogP contribution in [0.5, 0.6) is 0 Å². The Morgan fingerprint density at radius 2 is 2.23 bits per heavy atom. The van der Waals surface area contributed by atoms with Crippen molar-refractivity contribution < 1.29 is 9.59 Å². The summed E-state index contributed by atoms with van der Waals surface area (Å²) in [7, 11) is 0. The normalized spacial score (nSPS) is 16.9. The standard InChI is InChI=1S/C13H20N4O2S.2ClH/c1-9(18)16-13-17-11(8-20-13)12(19)15-6-4-10-3-2-5-14-7-10;;/h8,10,14H,2-7H2,1H3,(H,15,19)(H,16,17,18);2*1H. The van der Waals surface area contributed by atoms with E-state index in [2.05, 4.69) is 20.9 Å². The molecule has 0 aliphatic carbocycles. The molecule has 1 fully saturated rings.